The molecule has 2 nitrogen and oxygen atoms in total. The minimum atomic E-state index is 0.0719. The second kappa shape index (κ2) is 6.58. The standard InChI is InChI=1S/C18H24N2/c1-14-9-7-8-12-17(14)20(3)13-15(2)18(19)16-10-5-4-6-11-16/h4-12,15,18H,13,19H2,1-3H3. The Morgan fingerprint density at radius 1 is 1.00 bits per heavy atom. The van der Waals surface area contributed by atoms with Crippen LogP contribution in [0.15, 0.2) is 54.6 Å². The molecule has 0 aliphatic heterocycles. The molecule has 0 radical (unpaired) electrons. The fourth-order valence-electron chi connectivity index (χ4n) is 2.64. The number of hydrogen-bond donors (Lipinski definition) is 1. The van der Waals surface area contributed by atoms with E-state index < -0.39 is 0 Å². The third-order valence-electron chi connectivity index (χ3n) is 3.89. The van der Waals surface area contributed by atoms with Crippen molar-refractivity contribution in [3.8, 4) is 0 Å². The largest absolute Gasteiger partial charge is 0.374 e. The van der Waals surface area contributed by atoms with E-state index in [-0.39, 0.29) is 6.04 Å². The van der Waals surface area contributed by atoms with Gasteiger partial charge in [-0.15, -0.1) is 0 Å². The zero-order valence-electron chi connectivity index (χ0n) is 12.6. The van der Waals surface area contributed by atoms with Crippen LogP contribution in [0, 0.1) is 12.8 Å². The van der Waals surface area contributed by atoms with E-state index in [2.05, 4.69) is 62.2 Å². The average molecular weight is 268 g/mol. The van der Waals surface area contributed by atoms with Crippen molar-refractivity contribution in [3.05, 3.63) is 65.7 Å². The van der Waals surface area contributed by atoms with Gasteiger partial charge < -0.3 is 10.6 Å². The van der Waals surface area contributed by atoms with Gasteiger partial charge in [-0.2, -0.15) is 0 Å². The minimum Gasteiger partial charge on any atom is -0.374 e. The van der Waals surface area contributed by atoms with Gasteiger partial charge in [0.15, 0.2) is 0 Å². The van der Waals surface area contributed by atoms with Crippen LogP contribution >= 0.6 is 0 Å². The lowest BCUT2D eigenvalue weighted by molar-refractivity contribution is 0.472. The van der Waals surface area contributed by atoms with Crippen molar-refractivity contribution < 1.29 is 0 Å². The number of benzene rings is 2. The maximum Gasteiger partial charge on any atom is 0.0393 e. The van der Waals surface area contributed by atoms with Crippen molar-refractivity contribution in [2.75, 3.05) is 18.5 Å². The van der Waals surface area contributed by atoms with Gasteiger partial charge in [-0.3, -0.25) is 0 Å². The van der Waals surface area contributed by atoms with E-state index in [1.54, 1.807) is 0 Å². The van der Waals surface area contributed by atoms with Crippen LogP contribution in [0.25, 0.3) is 0 Å². The van der Waals surface area contributed by atoms with E-state index in [0.29, 0.717) is 5.92 Å². The van der Waals surface area contributed by atoms with Crippen molar-refractivity contribution in [3.63, 3.8) is 0 Å². The van der Waals surface area contributed by atoms with Crippen LogP contribution in [0.5, 0.6) is 0 Å². The second-order valence-corrected chi connectivity index (χ2v) is 5.58. The Labute approximate surface area is 122 Å². The molecule has 106 valence electrons. The first-order valence-corrected chi connectivity index (χ1v) is 7.17. The normalized spacial score (nSPS) is 13.8. The maximum atomic E-state index is 6.38. The first-order chi connectivity index (χ1) is 9.59. The average Bonchev–Trinajstić information content (AvgIpc) is 2.47. The molecular weight excluding hydrogens is 244 g/mol. The van der Waals surface area contributed by atoms with Gasteiger partial charge in [0.25, 0.3) is 0 Å². The zero-order chi connectivity index (χ0) is 14.5. The molecule has 2 aromatic rings. The van der Waals surface area contributed by atoms with Gasteiger partial charge in [0, 0.05) is 25.3 Å². The fraction of sp³-hybridized carbons (Fsp3) is 0.333. The number of nitrogens with two attached hydrogens (primary N) is 1. The van der Waals surface area contributed by atoms with Crippen LogP contribution in [0.1, 0.15) is 24.1 Å². The summed E-state index contributed by atoms with van der Waals surface area (Å²) in [4.78, 5) is 2.29. The molecule has 20 heavy (non-hydrogen) atoms. The lowest BCUT2D eigenvalue weighted by atomic mass is 9.95. The molecule has 2 heteroatoms. The summed E-state index contributed by atoms with van der Waals surface area (Å²) in [6.45, 7) is 5.31. The van der Waals surface area contributed by atoms with Gasteiger partial charge in [0.2, 0.25) is 0 Å². The Balaban J connectivity index is 2.04. The predicted molar refractivity (Wildman–Crippen MR) is 87.0 cm³/mol. The van der Waals surface area contributed by atoms with Gasteiger partial charge in [-0.05, 0) is 30.0 Å². The Kier molecular flexibility index (Phi) is 4.80. The highest BCUT2D eigenvalue weighted by Gasteiger charge is 2.17. The molecule has 2 N–H and O–H groups in total. The summed E-state index contributed by atoms with van der Waals surface area (Å²) in [7, 11) is 2.14. The summed E-state index contributed by atoms with van der Waals surface area (Å²) >= 11 is 0. The van der Waals surface area contributed by atoms with Crippen LogP contribution in [0.3, 0.4) is 0 Å². The summed E-state index contributed by atoms with van der Waals surface area (Å²) in [5.74, 6) is 0.391. The highest BCUT2D eigenvalue weighted by Crippen LogP contribution is 2.23. The zero-order valence-corrected chi connectivity index (χ0v) is 12.6. The van der Waals surface area contributed by atoms with Crippen molar-refractivity contribution in [1.82, 2.24) is 0 Å². The third kappa shape index (κ3) is 3.40. The highest BCUT2D eigenvalue weighted by atomic mass is 15.1. The highest BCUT2D eigenvalue weighted by molar-refractivity contribution is 5.52. The van der Waals surface area contributed by atoms with E-state index in [9.17, 15) is 0 Å². The number of anilines is 1. The van der Waals surface area contributed by atoms with Crippen molar-refractivity contribution >= 4 is 5.69 Å². The molecule has 0 aliphatic rings. The van der Waals surface area contributed by atoms with Gasteiger partial charge in [0.1, 0.15) is 0 Å². The molecule has 2 atom stereocenters. The monoisotopic (exact) mass is 268 g/mol. The summed E-state index contributed by atoms with van der Waals surface area (Å²) in [5.41, 5.74) is 10.2. The Morgan fingerprint density at radius 3 is 2.25 bits per heavy atom. The summed E-state index contributed by atoms with van der Waals surface area (Å²) in [6, 6.07) is 18.9. The Bertz CT molecular complexity index is 536. The molecule has 0 bridgehead atoms. The molecule has 2 aromatic carbocycles. The lowest BCUT2D eigenvalue weighted by Crippen LogP contribution is -2.31. The number of para-hydroxylation sites is 1. The van der Waals surface area contributed by atoms with Crippen molar-refractivity contribution in [2.45, 2.75) is 19.9 Å². The molecule has 0 saturated carbocycles. The number of rotatable bonds is 5. The van der Waals surface area contributed by atoms with Crippen LogP contribution in [0.2, 0.25) is 0 Å². The lowest BCUT2D eigenvalue weighted by Gasteiger charge is -2.28. The predicted octanol–water partition coefficient (Wildman–Crippen LogP) is 3.77. The van der Waals surface area contributed by atoms with Crippen LogP contribution in [0.4, 0.5) is 5.69 Å². The molecule has 0 aliphatic carbocycles. The molecule has 2 rings (SSSR count). The second-order valence-electron chi connectivity index (χ2n) is 5.58. The molecule has 0 amide bonds. The van der Waals surface area contributed by atoms with Crippen LogP contribution < -0.4 is 10.6 Å². The number of nitrogens with zero attached hydrogens (tertiary/aromatic N) is 1. The number of hydrogen-bond acceptors (Lipinski definition) is 2. The molecule has 0 fully saturated rings. The first-order valence-electron chi connectivity index (χ1n) is 7.17. The minimum absolute atomic E-state index is 0.0719. The van der Waals surface area contributed by atoms with Gasteiger partial charge in [-0.1, -0.05) is 55.5 Å². The SMILES string of the molecule is Cc1ccccc1N(C)CC(C)C(N)c1ccccc1. The topological polar surface area (TPSA) is 29.3 Å². The smallest absolute Gasteiger partial charge is 0.0393 e. The maximum absolute atomic E-state index is 6.38. The molecular formula is C18H24N2. The Morgan fingerprint density at radius 2 is 1.60 bits per heavy atom. The molecule has 2 unspecified atom stereocenters. The Hall–Kier alpha value is -1.80. The van der Waals surface area contributed by atoms with E-state index in [4.69, 9.17) is 5.73 Å². The van der Waals surface area contributed by atoms with Crippen molar-refractivity contribution in [1.29, 1.82) is 0 Å². The van der Waals surface area contributed by atoms with E-state index >= 15 is 0 Å². The van der Waals surface area contributed by atoms with Gasteiger partial charge >= 0.3 is 0 Å². The van der Waals surface area contributed by atoms with Gasteiger partial charge in [-0.25, -0.2) is 0 Å². The van der Waals surface area contributed by atoms with E-state index in [1.165, 1.54) is 16.8 Å². The molecule has 0 heterocycles. The summed E-state index contributed by atoms with van der Waals surface area (Å²) < 4.78 is 0. The molecule has 0 saturated heterocycles. The van der Waals surface area contributed by atoms with Gasteiger partial charge in [0.05, 0.1) is 0 Å². The summed E-state index contributed by atoms with van der Waals surface area (Å²) in [5, 5.41) is 0. The third-order valence-corrected chi connectivity index (χ3v) is 3.89. The van der Waals surface area contributed by atoms with Crippen LogP contribution in [-0.2, 0) is 0 Å². The molecule has 0 spiro atoms. The quantitative estimate of drug-likeness (QED) is 0.894. The first kappa shape index (κ1) is 14.6. The summed E-state index contributed by atoms with van der Waals surface area (Å²) in [6.07, 6.45) is 0. The number of aryl methyl sites for hydroxylation is 1. The molecule has 0 aromatic heterocycles. The van der Waals surface area contributed by atoms with E-state index in [0.717, 1.165) is 6.54 Å². The van der Waals surface area contributed by atoms with Crippen LogP contribution in [-0.4, -0.2) is 13.6 Å². The van der Waals surface area contributed by atoms with E-state index in [1.807, 2.05) is 18.2 Å². The van der Waals surface area contributed by atoms with Crippen molar-refractivity contribution in [2.24, 2.45) is 11.7 Å². The fourth-order valence-corrected chi connectivity index (χ4v) is 2.64.